The highest BCUT2D eigenvalue weighted by atomic mass is 35.5. The molecular formula is C27H32ClNO5. The van der Waals surface area contributed by atoms with E-state index in [1.165, 1.54) is 4.90 Å². The third kappa shape index (κ3) is 5.45. The number of nitrogens with zero attached hydrogens (tertiary/aromatic N) is 1. The van der Waals surface area contributed by atoms with Crippen molar-refractivity contribution < 1.29 is 24.2 Å². The molecule has 34 heavy (non-hydrogen) atoms. The second-order valence-corrected chi connectivity index (χ2v) is 9.22. The summed E-state index contributed by atoms with van der Waals surface area (Å²) in [4.78, 5) is 27.7. The Kier molecular flexibility index (Phi) is 8.39. The number of hydrogen-bond donors (Lipinski definition) is 1. The van der Waals surface area contributed by atoms with Gasteiger partial charge in [0.2, 0.25) is 0 Å². The Morgan fingerprint density at radius 1 is 1.09 bits per heavy atom. The summed E-state index contributed by atoms with van der Waals surface area (Å²) in [5.74, 6) is -0.914. The number of benzene rings is 2. The maximum absolute atomic E-state index is 13.2. The van der Waals surface area contributed by atoms with Crippen LogP contribution in [0.2, 0.25) is 5.02 Å². The van der Waals surface area contributed by atoms with Crippen LogP contribution in [0.3, 0.4) is 0 Å². The molecule has 1 heterocycles. The van der Waals surface area contributed by atoms with Gasteiger partial charge in [-0.15, -0.1) is 0 Å². The Morgan fingerprint density at radius 3 is 2.35 bits per heavy atom. The van der Waals surface area contributed by atoms with Gasteiger partial charge in [0.15, 0.2) is 0 Å². The second-order valence-electron chi connectivity index (χ2n) is 8.81. The van der Waals surface area contributed by atoms with Gasteiger partial charge in [-0.05, 0) is 56.0 Å². The van der Waals surface area contributed by atoms with Gasteiger partial charge in [0.05, 0.1) is 36.0 Å². The lowest BCUT2D eigenvalue weighted by Crippen LogP contribution is -2.33. The second kappa shape index (κ2) is 11.1. The molecule has 0 bridgehead atoms. The van der Waals surface area contributed by atoms with E-state index < -0.39 is 17.7 Å². The van der Waals surface area contributed by atoms with Crippen LogP contribution < -0.4 is 4.74 Å². The molecule has 0 aromatic heterocycles. The lowest BCUT2D eigenvalue weighted by atomic mass is 9.93. The van der Waals surface area contributed by atoms with E-state index in [1.807, 2.05) is 45.0 Å². The fourth-order valence-electron chi connectivity index (χ4n) is 3.99. The van der Waals surface area contributed by atoms with Crippen molar-refractivity contribution in [3.05, 3.63) is 69.8 Å². The highest BCUT2D eigenvalue weighted by molar-refractivity contribution is 6.47. The number of rotatable bonds is 9. The van der Waals surface area contributed by atoms with Crippen molar-refractivity contribution in [1.82, 2.24) is 4.90 Å². The van der Waals surface area contributed by atoms with Crippen LogP contribution in [0.25, 0.3) is 5.76 Å². The van der Waals surface area contributed by atoms with E-state index in [1.54, 1.807) is 18.2 Å². The van der Waals surface area contributed by atoms with Gasteiger partial charge in [0, 0.05) is 12.1 Å². The number of likely N-dealkylation sites (tertiary alicyclic amines) is 1. The number of aliphatic hydroxyl groups is 1. The summed E-state index contributed by atoms with van der Waals surface area (Å²) in [5.41, 5.74) is 2.11. The van der Waals surface area contributed by atoms with Gasteiger partial charge < -0.3 is 19.5 Å². The molecule has 1 N–H and O–H groups in total. The lowest BCUT2D eigenvalue weighted by Gasteiger charge is -2.26. The van der Waals surface area contributed by atoms with E-state index in [-0.39, 0.29) is 41.2 Å². The monoisotopic (exact) mass is 485 g/mol. The number of ketones is 1. The first-order valence-corrected chi connectivity index (χ1v) is 12.0. The van der Waals surface area contributed by atoms with Crippen LogP contribution in [0, 0.1) is 0 Å². The fraction of sp³-hybridized carbons (Fsp3) is 0.407. The normalized spacial score (nSPS) is 17.8. The summed E-state index contributed by atoms with van der Waals surface area (Å²) in [6.45, 7) is 10.8. The summed E-state index contributed by atoms with van der Waals surface area (Å²) in [7, 11) is 0. The summed E-state index contributed by atoms with van der Waals surface area (Å²) < 4.78 is 11.2. The number of hydrogen-bond acceptors (Lipinski definition) is 5. The maximum Gasteiger partial charge on any atom is 0.295 e. The van der Waals surface area contributed by atoms with Crippen molar-refractivity contribution in [3.63, 3.8) is 0 Å². The first kappa shape index (κ1) is 25.8. The van der Waals surface area contributed by atoms with Gasteiger partial charge in [-0.2, -0.15) is 0 Å². The van der Waals surface area contributed by atoms with E-state index in [4.69, 9.17) is 21.1 Å². The van der Waals surface area contributed by atoms with Crippen molar-refractivity contribution in [3.8, 4) is 5.75 Å². The number of amides is 1. The van der Waals surface area contributed by atoms with E-state index in [0.717, 1.165) is 11.1 Å². The number of ether oxygens (including phenoxy) is 2. The quantitative estimate of drug-likeness (QED) is 0.280. The van der Waals surface area contributed by atoms with Crippen LogP contribution in [-0.4, -0.2) is 47.6 Å². The summed E-state index contributed by atoms with van der Waals surface area (Å²) in [6, 6.07) is 11.9. The molecule has 3 rings (SSSR count). The number of carbonyl (C=O) groups is 2. The molecule has 6 nitrogen and oxygen atoms in total. The average molecular weight is 486 g/mol. The topological polar surface area (TPSA) is 76.1 Å². The largest absolute Gasteiger partial charge is 0.507 e. The predicted octanol–water partition coefficient (Wildman–Crippen LogP) is 5.71. The summed E-state index contributed by atoms with van der Waals surface area (Å²) in [5, 5.41) is 11.6. The van der Waals surface area contributed by atoms with E-state index in [9.17, 15) is 14.7 Å². The van der Waals surface area contributed by atoms with Crippen LogP contribution in [0.1, 0.15) is 63.3 Å². The molecule has 7 heteroatoms. The molecule has 0 saturated carbocycles. The standard InChI is InChI=1S/C27H32ClNO5/c1-6-33-20-11-12-22(28)21(15-20)25(30)23-24(19-9-7-18(8-10-19)16(2)3)29(27(32)26(23)31)13-14-34-17(4)5/h7-12,15-17,24,30H,6,13-14H2,1-5H3/b25-23+. The zero-order valence-corrected chi connectivity index (χ0v) is 21.1. The molecule has 0 radical (unpaired) electrons. The maximum atomic E-state index is 13.2. The van der Waals surface area contributed by atoms with Crippen LogP contribution in [0.15, 0.2) is 48.0 Å². The van der Waals surface area contributed by atoms with Crippen molar-refractivity contribution in [2.45, 2.75) is 52.7 Å². The van der Waals surface area contributed by atoms with E-state index >= 15 is 0 Å². The molecule has 2 aromatic rings. The van der Waals surface area contributed by atoms with Gasteiger partial charge in [-0.1, -0.05) is 49.7 Å². The summed E-state index contributed by atoms with van der Waals surface area (Å²) in [6.07, 6.45) is -0.0132. The Hall–Kier alpha value is -2.83. The first-order chi connectivity index (χ1) is 16.1. The van der Waals surface area contributed by atoms with Gasteiger partial charge in [0.25, 0.3) is 11.7 Å². The van der Waals surface area contributed by atoms with Gasteiger partial charge >= 0.3 is 0 Å². The zero-order valence-electron chi connectivity index (χ0n) is 20.3. The van der Waals surface area contributed by atoms with Crippen molar-refractivity contribution >= 4 is 29.1 Å². The Bertz CT molecular complexity index is 1070. The average Bonchev–Trinajstić information content (AvgIpc) is 3.05. The smallest absolute Gasteiger partial charge is 0.295 e. The lowest BCUT2D eigenvalue weighted by molar-refractivity contribution is -0.140. The highest BCUT2D eigenvalue weighted by Crippen LogP contribution is 2.41. The van der Waals surface area contributed by atoms with Gasteiger partial charge in [-0.3, -0.25) is 9.59 Å². The van der Waals surface area contributed by atoms with Crippen molar-refractivity contribution in [1.29, 1.82) is 0 Å². The Labute approximate surface area is 206 Å². The molecule has 1 atom stereocenters. The van der Waals surface area contributed by atoms with Gasteiger partial charge in [0.1, 0.15) is 11.5 Å². The molecule has 0 aliphatic carbocycles. The molecule has 0 spiro atoms. The van der Waals surface area contributed by atoms with Crippen molar-refractivity contribution in [2.75, 3.05) is 19.8 Å². The van der Waals surface area contributed by atoms with Crippen LogP contribution in [-0.2, 0) is 14.3 Å². The minimum Gasteiger partial charge on any atom is -0.507 e. The molecule has 1 fully saturated rings. The number of halogens is 1. The Morgan fingerprint density at radius 2 is 1.76 bits per heavy atom. The number of carbonyl (C=O) groups excluding carboxylic acids is 2. The molecule has 1 unspecified atom stereocenters. The molecule has 1 aliphatic heterocycles. The van der Waals surface area contributed by atoms with Gasteiger partial charge in [-0.25, -0.2) is 0 Å². The molecule has 182 valence electrons. The fourth-order valence-corrected chi connectivity index (χ4v) is 4.20. The summed E-state index contributed by atoms with van der Waals surface area (Å²) >= 11 is 6.38. The minimum atomic E-state index is -0.760. The SMILES string of the molecule is CCOc1ccc(Cl)c(/C(O)=C2\C(=O)C(=O)N(CCOC(C)C)C2c2ccc(C(C)C)cc2)c1. The van der Waals surface area contributed by atoms with Crippen molar-refractivity contribution in [2.24, 2.45) is 0 Å². The van der Waals surface area contributed by atoms with E-state index in [0.29, 0.717) is 18.3 Å². The van der Waals surface area contributed by atoms with E-state index in [2.05, 4.69) is 13.8 Å². The van der Waals surface area contributed by atoms with Crippen LogP contribution in [0.4, 0.5) is 0 Å². The minimum absolute atomic E-state index is 0.00222. The van der Waals surface area contributed by atoms with Crippen LogP contribution in [0.5, 0.6) is 5.75 Å². The molecule has 2 aromatic carbocycles. The number of aliphatic hydroxyl groups excluding tert-OH is 1. The Balaban J connectivity index is 2.13. The zero-order chi connectivity index (χ0) is 25.0. The molecular weight excluding hydrogens is 454 g/mol. The predicted molar refractivity (Wildman–Crippen MR) is 133 cm³/mol. The molecule has 1 aliphatic rings. The first-order valence-electron chi connectivity index (χ1n) is 11.6. The third-order valence-electron chi connectivity index (χ3n) is 5.75. The highest BCUT2D eigenvalue weighted by Gasteiger charge is 2.46. The molecule has 1 amide bonds. The van der Waals surface area contributed by atoms with Crippen LogP contribution >= 0.6 is 11.6 Å². The number of Topliss-reactive ketones (excluding diaryl/α,β-unsaturated/α-hetero) is 1. The molecule has 1 saturated heterocycles. The third-order valence-corrected chi connectivity index (χ3v) is 6.08.